The SMILES string of the molecule is CC1(C)CC2(C=C(N)C1=O)CN(C(=O)c1ccccc1CC(F)F)C2. The van der Waals surface area contributed by atoms with E-state index in [9.17, 15) is 18.4 Å². The Morgan fingerprint density at radius 2 is 1.92 bits per heavy atom. The number of hydrogen-bond donors (Lipinski definition) is 1. The maximum Gasteiger partial charge on any atom is 0.254 e. The first-order valence-electron chi connectivity index (χ1n) is 8.32. The van der Waals surface area contributed by atoms with Crippen LogP contribution in [0.2, 0.25) is 0 Å². The van der Waals surface area contributed by atoms with E-state index in [1.165, 1.54) is 0 Å². The molecule has 1 aliphatic carbocycles. The summed E-state index contributed by atoms with van der Waals surface area (Å²) in [7, 11) is 0. The molecule has 134 valence electrons. The van der Waals surface area contributed by atoms with Crippen LogP contribution in [0.15, 0.2) is 36.0 Å². The third-order valence-electron chi connectivity index (χ3n) is 5.05. The van der Waals surface area contributed by atoms with E-state index in [0.29, 0.717) is 30.6 Å². The highest BCUT2D eigenvalue weighted by Gasteiger charge is 2.51. The standard InChI is InChI=1S/C19H22F2N2O2/c1-18(2)9-19(8-14(22)16(18)24)10-23(11-19)17(25)13-6-4-3-5-12(13)7-15(20)21/h3-6,8,15H,7,9-11,22H2,1-2H3. The molecule has 0 aromatic heterocycles. The Morgan fingerprint density at radius 3 is 2.52 bits per heavy atom. The van der Waals surface area contributed by atoms with Gasteiger partial charge < -0.3 is 10.6 Å². The summed E-state index contributed by atoms with van der Waals surface area (Å²) >= 11 is 0. The first-order chi connectivity index (χ1) is 11.6. The minimum Gasteiger partial charge on any atom is -0.396 e. The van der Waals surface area contributed by atoms with Gasteiger partial charge in [-0.05, 0) is 24.1 Å². The van der Waals surface area contributed by atoms with Crippen molar-refractivity contribution >= 4 is 11.7 Å². The van der Waals surface area contributed by atoms with Crippen LogP contribution in [-0.4, -0.2) is 36.1 Å². The van der Waals surface area contributed by atoms with Gasteiger partial charge in [0.1, 0.15) is 0 Å². The van der Waals surface area contributed by atoms with Crippen LogP contribution in [0.3, 0.4) is 0 Å². The molecular formula is C19H22F2N2O2. The smallest absolute Gasteiger partial charge is 0.254 e. The summed E-state index contributed by atoms with van der Waals surface area (Å²) in [6.45, 7) is 4.62. The zero-order valence-corrected chi connectivity index (χ0v) is 14.4. The molecule has 0 unspecified atom stereocenters. The lowest BCUT2D eigenvalue weighted by atomic mass is 9.62. The molecule has 1 aromatic carbocycles. The number of halogens is 2. The Morgan fingerprint density at radius 1 is 1.28 bits per heavy atom. The van der Waals surface area contributed by atoms with Crippen LogP contribution in [0.1, 0.15) is 36.2 Å². The number of ketones is 1. The molecule has 2 aliphatic rings. The fourth-order valence-electron chi connectivity index (χ4n) is 4.10. The largest absolute Gasteiger partial charge is 0.396 e. The van der Waals surface area contributed by atoms with Crippen molar-refractivity contribution in [1.29, 1.82) is 0 Å². The number of carbonyl (C=O) groups excluding carboxylic acids is 2. The second kappa shape index (κ2) is 5.93. The van der Waals surface area contributed by atoms with Gasteiger partial charge in [-0.15, -0.1) is 0 Å². The number of hydrogen-bond acceptors (Lipinski definition) is 3. The van der Waals surface area contributed by atoms with Crippen molar-refractivity contribution in [3.05, 3.63) is 47.2 Å². The first kappa shape index (κ1) is 17.6. The summed E-state index contributed by atoms with van der Waals surface area (Å²) in [5.74, 6) is -0.311. The molecule has 4 nitrogen and oxygen atoms in total. The van der Waals surface area contributed by atoms with Crippen LogP contribution >= 0.6 is 0 Å². The monoisotopic (exact) mass is 348 g/mol. The van der Waals surface area contributed by atoms with E-state index >= 15 is 0 Å². The lowest BCUT2D eigenvalue weighted by Crippen LogP contribution is -2.61. The number of amides is 1. The van der Waals surface area contributed by atoms with Crippen LogP contribution < -0.4 is 5.73 Å². The minimum atomic E-state index is -2.50. The Bertz CT molecular complexity index is 750. The molecule has 1 aliphatic heterocycles. The van der Waals surface area contributed by atoms with Gasteiger partial charge in [0, 0.05) is 35.9 Å². The highest BCUT2D eigenvalue weighted by Crippen LogP contribution is 2.47. The highest BCUT2D eigenvalue weighted by atomic mass is 19.3. The molecule has 6 heteroatoms. The number of carbonyl (C=O) groups is 2. The summed E-state index contributed by atoms with van der Waals surface area (Å²) in [6.07, 6.45) is -0.531. The predicted octanol–water partition coefficient (Wildman–Crippen LogP) is 2.78. The molecule has 2 N–H and O–H groups in total. The maximum absolute atomic E-state index is 12.7. The van der Waals surface area contributed by atoms with Gasteiger partial charge >= 0.3 is 0 Å². The summed E-state index contributed by atoms with van der Waals surface area (Å²) in [5.41, 5.74) is 5.95. The van der Waals surface area contributed by atoms with Crippen LogP contribution in [0.4, 0.5) is 8.78 Å². The van der Waals surface area contributed by atoms with Gasteiger partial charge in [0.25, 0.3) is 5.91 Å². The summed E-state index contributed by atoms with van der Waals surface area (Å²) in [5, 5.41) is 0. The molecule has 0 saturated carbocycles. The minimum absolute atomic E-state index is 0.0646. The normalized spacial score (nSPS) is 21.2. The van der Waals surface area contributed by atoms with Gasteiger partial charge in [0.2, 0.25) is 6.43 Å². The number of Topliss-reactive ketones (excluding diaryl/α,β-unsaturated/α-hetero) is 1. The molecule has 3 rings (SSSR count). The topological polar surface area (TPSA) is 63.4 Å². The third-order valence-corrected chi connectivity index (χ3v) is 5.05. The number of likely N-dealkylation sites (tertiary alicyclic amines) is 1. The quantitative estimate of drug-likeness (QED) is 0.914. The van der Waals surface area contributed by atoms with Crippen molar-refractivity contribution in [2.75, 3.05) is 13.1 Å². The van der Waals surface area contributed by atoms with Crippen molar-refractivity contribution in [3.8, 4) is 0 Å². The van der Waals surface area contributed by atoms with E-state index in [2.05, 4.69) is 0 Å². The fraction of sp³-hybridized carbons (Fsp3) is 0.474. The number of nitrogens with zero attached hydrogens (tertiary/aromatic N) is 1. The Balaban J connectivity index is 1.77. The molecule has 1 aromatic rings. The lowest BCUT2D eigenvalue weighted by Gasteiger charge is -2.53. The van der Waals surface area contributed by atoms with Crippen LogP contribution in [-0.2, 0) is 11.2 Å². The van der Waals surface area contributed by atoms with Crippen molar-refractivity contribution in [3.63, 3.8) is 0 Å². The van der Waals surface area contributed by atoms with Gasteiger partial charge in [-0.3, -0.25) is 9.59 Å². The van der Waals surface area contributed by atoms with E-state index in [4.69, 9.17) is 5.73 Å². The van der Waals surface area contributed by atoms with E-state index in [-0.39, 0.29) is 22.8 Å². The fourth-order valence-corrected chi connectivity index (χ4v) is 4.10. The van der Waals surface area contributed by atoms with Crippen LogP contribution in [0.5, 0.6) is 0 Å². The van der Waals surface area contributed by atoms with Gasteiger partial charge in [-0.1, -0.05) is 32.0 Å². The first-order valence-corrected chi connectivity index (χ1v) is 8.32. The van der Waals surface area contributed by atoms with Gasteiger partial charge in [-0.25, -0.2) is 8.78 Å². The second-order valence-corrected chi connectivity index (χ2v) is 7.77. The summed E-state index contributed by atoms with van der Waals surface area (Å²) in [6, 6.07) is 6.49. The van der Waals surface area contributed by atoms with Crippen LogP contribution in [0, 0.1) is 10.8 Å². The van der Waals surface area contributed by atoms with E-state index in [1.54, 1.807) is 35.2 Å². The number of nitrogens with two attached hydrogens (primary N) is 1. The maximum atomic E-state index is 12.7. The van der Waals surface area contributed by atoms with E-state index in [0.717, 1.165) is 0 Å². The highest BCUT2D eigenvalue weighted by molar-refractivity contribution is 6.00. The molecule has 1 fully saturated rings. The average Bonchev–Trinajstić information content (AvgIpc) is 2.49. The molecule has 0 radical (unpaired) electrons. The molecule has 1 spiro atoms. The Kier molecular flexibility index (Phi) is 4.17. The molecule has 1 amide bonds. The van der Waals surface area contributed by atoms with Gasteiger partial charge in [0.05, 0.1) is 5.70 Å². The van der Waals surface area contributed by atoms with Gasteiger partial charge in [-0.2, -0.15) is 0 Å². The zero-order valence-electron chi connectivity index (χ0n) is 14.4. The lowest BCUT2D eigenvalue weighted by molar-refractivity contribution is -0.127. The molecule has 25 heavy (non-hydrogen) atoms. The van der Waals surface area contributed by atoms with Crippen molar-refractivity contribution in [2.45, 2.75) is 33.1 Å². The Labute approximate surface area is 145 Å². The van der Waals surface area contributed by atoms with E-state index in [1.807, 2.05) is 13.8 Å². The third kappa shape index (κ3) is 3.17. The number of alkyl halides is 2. The predicted molar refractivity (Wildman–Crippen MR) is 90.2 cm³/mol. The molecule has 1 saturated heterocycles. The summed E-state index contributed by atoms with van der Waals surface area (Å²) < 4.78 is 25.5. The molecular weight excluding hydrogens is 326 g/mol. The zero-order chi connectivity index (χ0) is 18.4. The van der Waals surface area contributed by atoms with Gasteiger partial charge in [0.15, 0.2) is 5.78 Å². The second-order valence-electron chi connectivity index (χ2n) is 7.77. The van der Waals surface area contributed by atoms with Crippen molar-refractivity contribution in [1.82, 2.24) is 4.90 Å². The molecule has 1 heterocycles. The molecule has 0 atom stereocenters. The number of rotatable bonds is 3. The van der Waals surface area contributed by atoms with Crippen molar-refractivity contribution < 1.29 is 18.4 Å². The summed E-state index contributed by atoms with van der Waals surface area (Å²) in [4.78, 5) is 26.5. The van der Waals surface area contributed by atoms with E-state index < -0.39 is 18.3 Å². The number of benzene rings is 1. The van der Waals surface area contributed by atoms with Crippen LogP contribution in [0.25, 0.3) is 0 Å². The number of allylic oxidation sites excluding steroid dienone is 1. The Hall–Kier alpha value is -2.24. The van der Waals surface area contributed by atoms with Crippen molar-refractivity contribution in [2.24, 2.45) is 16.6 Å². The average molecular weight is 348 g/mol. The molecule has 0 bridgehead atoms.